The van der Waals surface area contributed by atoms with Crippen LogP contribution in [0.2, 0.25) is 0 Å². The number of hydrogen-bond donors (Lipinski definition) is 2. The minimum absolute atomic E-state index is 0.0859. The van der Waals surface area contributed by atoms with Crippen LogP contribution in [0, 0.1) is 11.8 Å². The number of carbonyl (C=O) groups is 1. The number of aliphatic hydroxyl groups is 2. The molecule has 1 aliphatic carbocycles. The average molecular weight is 304 g/mol. The summed E-state index contributed by atoms with van der Waals surface area (Å²) in [5.41, 5.74) is 1.23. The van der Waals surface area contributed by atoms with Crippen molar-refractivity contribution in [3.63, 3.8) is 0 Å². The topological polar surface area (TPSA) is 66.8 Å². The van der Waals surface area contributed by atoms with Crippen molar-refractivity contribution in [1.29, 1.82) is 0 Å². The van der Waals surface area contributed by atoms with Crippen LogP contribution in [0.1, 0.15) is 37.7 Å². The van der Waals surface area contributed by atoms with Crippen LogP contribution in [0.3, 0.4) is 0 Å². The van der Waals surface area contributed by atoms with Gasteiger partial charge in [-0.05, 0) is 37.2 Å². The fourth-order valence-electron chi connectivity index (χ4n) is 3.89. The van der Waals surface area contributed by atoms with Crippen molar-refractivity contribution in [2.75, 3.05) is 0 Å². The van der Waals surface area contributed by atoms with E-state index < -0.39 is 6.10 Å². The van der Waals surface area contributed by atoms with Crippen LogP contribution in [0.15, 0.2) is 30.3 Å². The smallest absolute Gasteiger partial charge is 0.306 e. The molecule has 0 bridgehead atoms. The lowest BCUT2D eigenvalue weighted by atomic mass is 9.87. The Kier molecular flexibility index (Phi) is 4.79. The van der Waals surface area contributed by atoms with Gasteiger partial charge >= 0.3 is 5.97 Å². The molecule has 2 aliphatic rings. The SMILES string of the molecule is O=C1C[C@H]2C(C[C@@H](O)[C@@H]2CC[C@@H](O)CCc2ccccc2)O1. The second-order valence-corrected chi connectivity index (χ2v) is 6.62. The third-order valence-corrected chi connectivity index (χ3v) is 5.12. The van der Waals surface area contributed by atoms with Gasteiger partial charge in [-0.15, -0.1) is 0 Å². The highest BCUT2D eigenvalue weighted by molar-refractivity contribution is 5.72. The standard InChI is InChI=1S/C18H24O4/c19-13(7-6-12-4-2-1-3-5-12)8-9-14-15-10-18(21)22-17(15)11-16(14)20/h1-5,13-17,19-20H,6-11H2/t13-,14+,15+,16+,17?/m0/s1. The number of fused-ring (bicyclic) bond motifs is 1. The Labute approximate surface area is 131 Å². The van der Waals surface area contributed by atoms with Gasteiger partial charge in [-0.25, -0.2) is 0 Å². The van der Waals surface area contributed by atoms with Crippen molar-refractivity contribution in [2.45, 2.75) is 56.8 Å². The molecular formula is C18H24O4. The number of carbonyl (C=O) groups excluding carboxylic acids is 1. The number of rotatable bonds is 6. The first kappa shape index (κ1) is 15.5. The minimum atomic E-state index is -0.399. The van der Waals surface area contributed by atoms with Crippen molar-refractivity contribution in [1.82, 2.24) is 0 Å². The lowest BCUT2D eigenvalue weighted by Crippen LogP contribution is -2.22. The maximum atomic E-state index is 11.4. The van der Waals surface area contributed by atoms with Crippen LogP contribution in [0.25, 0.3) is 0 Å². The molecule has 4 heteroatoms. The van der Waals surface area contributed by atoms with Gasteiger partial charge in [0.15, 0.2) is 0 Å². The molecule has 1 aromatic carbocycles. The summed E-state index contributed by atoms with van der Waals surface area (Å²) in [4.78, 5) is 11.4. The van der Waals surface area contributed by atoms with E-state index in [4.69, 9.17) is 4.74 Å². The summed E-state index contributed by atoms with van der Waals surface area (Å²) >= 11 is 0. The predicted molar refractivity (Wildman–Crippen MR) is 82.1 cm³/mol. The van der Waals surface area contributed by atoms with Gasteiger partial charge in [0.2, 0.25) is 0 Å². The Bertz CT molecular complexity index is 501. The number of aryl methyl sites for hydroxylation is 1. The second kappa shape index (κ2) is 6.80. The molecule has 0 aromatic heterocycles. The molecule has 2 fully saturated rings. The lowest BCUT2D eigenvalue weighted by Gasteiger charge is -2.20. The van der Waals surface area contributed by atoms with Gasteiger partial charge in [-0.2, -0.15) is 0 Å². The molecule has 5 atom stereocenters. The van der Waals surface area contributed by atoms with Gasteiger partial charge in [0.1, 0.15) is 6.10 Å². The molecule has 1 heterocycles. The Morgan fingerprint density at radius 3 is 2.77 bits per heavy atom. The second-order valence-electron chi connectivity index (χ2n) is 6.62. The van der Waals surface area contributed by atoms with E-state index in [-0.39, 0.29) is 30.0 Å². The Morgan fingerprint density at radius 2 is 2.00 bits per heavy atom. The molecule has 4 nitrogen and oxygen atoms in total. The van der Waals surface area contributed by atoms with E-state index >= 15 is 0 Å². The van der Waals surface area contributed by atoms with Crippen LogP contribution >= 0.6 is 0 Å². The van der Waals surface area contributed by atoms with Crippen molar-refractivity contribution in [3.05, 3.63) is 35.9 Å². The maximum absolute atomic E-state index is 11.4. The number of hydrogen-bond acceptors (Lipinski definition) is 4. The van der Waals surface area contributed by atoms with E-state index in [1.807, 2.05) is 18.2 Å². The Hall–Kier alpha value is -1.39. The molecule has 1 aromatic rings. The zero-order valence-electron chi connectivity index (χ0n) is 12.7. The fraction of sp³-hybridized carbons (Fsp3) is 0.611. The number of aliphatic hydroxyl groups excluding tert-OH is 2. The van der Waals surface area contributed by atoms with E-state index in [0.29, 0.717) is 19.3 Å². The summed E-state index contributed by atoms with van der Waals surface area (Å²) < 4.78 is 5.24. The highest BCUT2D eigenvalue weighted by Crippen LogP contribution is 2.43. The van der Waals surface area contributed by atoms with Gasteiger partial charge in [0.05, 0.1) is 18.6 Å². The van der Waals surface area contributed by atoms with Gasteiger partial charge in [-0.3, -0.25) is 4.79 Å². The molecule has 0 amide bonds. The molecule has 22 heavy (non-hydrogen) atoms. The third kappa shape index (κ3) is 3.50. The van der Waals surface area contributed by atoms with Gasteiger partial charge in [-0.1, -0.05) is 30.3 Å². The number of benzene rings is 1. The van der Waals surface area contributed by atoms with E-state index in [1.54, 1.807) is 0 Å². The fourth-order valence-corrected chi connectivity index (χ4v) is 3.89. The molecule has 120 valence electrons. The summed E-state index contributed by atoms with van der Waals surface area (Å²) in [6.45, 7) is 0. The minimum Gasteiger partial charge on any atom is -0.462 e. The number of ether oxygens (including phenoxy) is 1. The average Bonchev–Trinajstić information content (AvgIpc) is 2.99. The van der Waals surface area contributed by atoms with Gasteiger partial charge < -0.3 is 14.9 Å². The van der Waals surface area contributed by atoms with E-state index in [0.717, 1.165) is 19.3 Å². The van der Waals surface area contributed by atoms with Gasteiger partial charge in [0.25, 0.3) is 0 Å². The van der Waals surface area contributed by atoms with Crippen LogP contribution in [0.4, 0.5) is 0 Å². The number of esters is 1. The quantitative estimate of drug-likeness (QED) is 0.790. The highest BCUT2D eigenvalue weighted by atomic mass is 16.6. The maximum Gasteiger partial charge on any atom is 0.306 e. The monoisotopic (exact) mass is 304 g/mol. The largest absolute Gasteiger partial charge is 0.462 e. The summed E-state index contributed by atoms with van der Waals surface area (Å²) in [6, 6.07) is 10.1. The van der Waals surface area contributed by atoms with Crippen molar-refractivity contribution < 1.29 is 19.7 Å². The highest BCUT2D eigenvalue weighted by Gasteiger charge is 2.49. The van der Waals surface area contributed by atoms with Crippen LogP contribution in [-0.2, 0) is 16.0 Å². The molecule has 1 unspecified atom stereocenters. The first-order chi connectivity index (χ1) is 10.6. The van der Waals surface area contributed by atoms with E-state index in [9.17, 15) is 15.0 Å². The van der Waals surface area contributed by atoms with Crippen LogP contribution in [0.5, 0.6) is 0 Å². The van der Waals surface area contributed by atoms with Gasteiger partial charge in [0, 0.05) is 12.3 Å². The molecule has 1 aliphatic heterocycles. The van der Waals surface area contributed by atoms with E-state index in [2.05, 4.69) is 12.1 Å². The molecule has 3 rings (SSSR count). The van der Waals surface area contributed by atoms with Crippen LogP contribution in [-0.4, -0.2) is 34.5 Å². The Morgan fingerprint density at radius 1 is 1.23 bits per heavy atom. The zero-order valence-corrected chi connectivity index (χ0v) is 12.7. The van der Waals surface area contributed by atoms with Crippen molar-refractivity contribution in [3.8, 4) is 0 Å². The molecule has 1 saturated heterocycles. The lowest BCUT2D eigenvalue weighted by molar-refractivity contribution is -0.141. The van der Waals surface area contributed by atoms with Crippen molar-refractivity contribution in [2.24, 2.45) is 11.8 Å². The first-order valence-electron chi connectivity index (χ1n) is 8.23. The zero-order chi connectivity index (χ0) is 15.5. The third-order valence-electron chi connectivity index (χ3n) is 5.12. The van der Waals surface area contributed by atoms with E-state index in [1.165, 1.54) is 5.56 Å². The summed E-state index contributed by atoms with van der Waals surface area (Å²) in [7, 11) is 0. The molecular weight excluding hydrogens is 280 g/mol. The molecule has 0 spiro atoms. The molecule has 2 N–H and O–H groups in total. The molecule has 0 radical (unpaired) electrons. The van der Waals surface area contributed by atoms with Crippen LogP contribution < -0.4 is 0 Å². The Balaban J connectivity index is 1.44. The summed E-state index contributed by atoms with van der Waals surface area (Å²) in [5, 5.41) is 20.3. The summed E-state index contributed by atoms with van der Waals surface area (Å²) in [5.74, 6) is 0.0863. The molecule has 1 saturated carbocycles. The first-order valence-corrected chi connectivity index (χ1v) is 8.23. The normalized spacial score (nSPS) is 31.8. The summed E-state index contributed by atoms with van der Waals surface area (Å²) in [6.07, 6.45) is 3.15. The predicted octanol–water partition coefficient (Wildman–Crippen LogP) is 2.07. The van der Waals surface area contributed by atoms with Crippen molar-refractivity contribution >= 4 is 5.97 Å².